The van der Waals surface area contributed by atoms with E-state index in [4.69, 9.17) is 16.3 Å². The van der Waals surface area contributed by atoms with Gasteiger partial charge in [-0.15, -0.1) is 0 Å². The molecule has 1 atom stereocenters. The summed E-state index contributed by atoms with van der Waals surface area (Å²) in [5.41, 5.74) is 2.63. The quantitative estimate of drug-likeness (QED) is 0.236. The Morgan fingerprint density at radius 3 is 2.33 bits per heavy atom. The van der Waals surface area contributed by atoms with Gasteiger partial charge >= 0.3 is 0 Å². The lowest BCUT2D eigenvalue weighted by Gasteiger charge is -2.26. The number of nitrogens with zero attached hydrogens (tertiary/aromatic N) is 1. The molecule has 0 radical (unpaired) electrons. The number of ketones is 1. The smallest absolute Gasteiger partial charge is 0.300 e. The van der Waals surface area contributed by atoms with Gasteiger partial charge in [0.2, 0.25) is 0 Å². The van der Waals surface area contributed by atoms with Crippen molar-refractivity contribution in [3.05, 3.63) is 98.5 Å². The zero-order valence-electron chi connectivity index (χ0n) is 18.0. The molecule has 1 aliphatic heterocycles. The van der Waals surface area contributed by atoms with E-state index in [-0.39, 0.29) is 11.3 Å². The molecule has 3 aromatic carbocycles. The van der Waals surface area contributed by atoms with Gasteiger partial charge in [0.1, 0.15) is 11.5 Å². The summed E-state index contributed by atoms with van der Waals surface area (Å²) in [7, 11) is 0. The van der Waals surface area contributed by atoms with Crippen molar-refractivity contribution < 1.29 is 19.4 Å². The zero-order valence-corrected chi connectivity index (χ0v) is 20.4. The van der Waals surface area contributed by atoms with E-state index in [1.807, 2.05) is 19.9 Å². The number of ether oxygens (including phenoxy) is 1. The molecule has 1 amide bonds. The summed E-state index contributed by atoms with van der Waals surface area (Å²) in [4.78, 5) is 27.8. The molecule has 1 N–H and O–H groups in total. The van der Waals surface area contributed by atoms with Crippen molar-refractivity contribution in [2.45, 2.75) is 19.9 Å². The van der Waals surface area contributed by atoms with Crippen LogP contribution in [0.4, 0.5) is 5.69 Å². The largest absolute Gasteiger partial charge is 0.507 e. The molecule has 5 nitrogen and oxygen atoms in total. The first-order valence-corrected chi connectivity index (χ1v) is 11.5. The predicted octanol–water partition coefficient (Wildman–Crippen LogP) is 6.44. The normalized spacial score (nSPS) is 17.5. The van der Waals surface area contributed by atoms with E-state index in [1.165, 1.54) is 4.90 Å². The highest BCUT2D eigenvalue weighted by atomic mass is 79.9. The van der Waals surface area contributed by atoms with Crippen molar-refractivity contribution in [2.75, 3.05) is 11.5 Å². The van der Waals surface area contributed by atoms with Crippen LogP contribution < -0.4 is 9.64 Å². The molecular weight excluding hydrogens is 506 g/mol. The number of aliphatic hydroxyl groups excluding tert-OH is 1. The molecule has 1 heterocycles. The van der Waals surface area contributed by atoms with Crippen LogP contribution in [0, 0.1) is 6.92 Å². The van der Waals surface area contributed by atoms with Gasteiger partial charge in [-0.2, -0.15) is 0 Å². The molecule has 1 saturated heterocycles. The van der Waals surface area contributed by atoms with Gasteiger partial charge in [-0.25, -0.2) is 0 Å². The fraction of sp³-hybridized carbons (Fsp3) is 0.154. The number of hydrogen-bond donors (Lipinski definition) is 1. The molecule has 0 spiro atoms. The number of Topliss-reactive ketones (excluding diaryl/α,β-unsaturated/α-hetero) is 1. The van der Waals surface area contributed by atoms with Gasteiger partial charge in [-0.05, 0) is 73.5 Å². The van der Waals surface area contributed by atoms with Crippen LogP contribution in [0.25, 0.3) is 5.76 Å². The number of halogens is 2. The van der Waals surface area contributed by atoms with Gasteiger partial charge in [0.25, 0.3) is 11.7 Å². The Bertz CT molecular complexity index is 1250. The second-order valence-corrected chi connectivity index (χ2v) is 8.90. The van der Waals surface area contributed by atoms with Gasteiger partial charge in [0.05, 0.1) is 18.2 Å². The van der Waals surface area contributed by atoms with Crippen molar-refractivity contribution in [3.8, 4) is 5.75 Å². The van der Waals surface area contributed by atoms with E-state index in [1.54, 1.807) is 60.7 Å². The first-order chi connectivity index (χ1) is 15.8. The summed E-state index contributed by atoms with van der Waals surface area (Å²) in [6.45, 7) is 4.35. The number of carbonyl (C=O) groups is 2. The molecule has 0 aromatic heterocycles. The maximum Gasteiger partial charge on any atom is 0.300 e. The first-order valence-electron chi connectivity index (χ1n) is 10.4. The highest BCUT2D eigenvalue weighted by Crippen LogP contribution is 2.43. The second kappa shape index (κ2) is 9.41. The van der Waals surface area contributed by atoms with E-state index >= 15 is 0 Å². The van der Waals surface area contributed by atoms with E-state index < -0.39 is 17.7 Å². The summed E-state index contributed by atoms with van der Waals surface area (Å²) in [6, 6.07) is 18.3. The summed E-state index contributed by atoms with van der Waals surface area (Å²) in [6.07, 6.45) is 0. The molecule has 1 aliphatic rings. The van der Waals surface area contributed by atoms with Gasteiger partial charge in [0.15, 0.2) is 0 Å². The number of benzene rings is 3. The Morgan fingerprint density at radius 1 is 1.06 bits per heavy atom. The standard InChI is InChI=1S/C26H21BrClNO4/c1-3-33-20-12-7-16(8-13-20)23-22(24(30)17-5-9-18(28)10-6-17)25(31)26(32)29(23)19-11-4-15(2)21(27)14-19/h4-14,23,30H,3H2,1-2H3/t23-/m1/s1. The Balaban J connectivity index is 1.91. The molecule has 4 rings (SSSR count). The van der Waals surface area contributed by atoms with E-state index in [0.29, 0.717) is 34.2 Å². The van der Waals surface area contributed by atoms with Gasteiger partial charge in [0, 0.05) is 20.7 Å². The molecule has 33 heavy (non-hydrogen) atoms. The molecule has 0 aliphatic carbocycles. The highest BCUT2D eigenvalue weighted by molar-refractivity contribution is 9.10. The third-order valence-electron chi connectivity index (χ3n) is 5.50. The summed E-state index contributed by atoms with van der Waals surface area (Å²) < 4.78 is 6.34. The number of aliphatic hydroxyl groups is 1. The van der Waals surface area contributed by atoms with Crippen LogP contribution in [0.15, 0.2) is 76.8 Å². The lowest BCUT2D eigenvalue weighted by Crippen LogP contribution is -2.29. The number of amides is 1. The van der Waals surface area contributed by atoms with Gasteiger partial charge < -0.3 is 9.84 Å². The van der Waals surface area contributed by atoms with Crippen LogP contribution in [0.5, 0.6) is 5.75 Å². The Kier molecular flexibility index (Phi) is 6.58. The molecule has 0 saturated carbocycles. The topological polar surface area (TPSA) is 66.8 Å². The van der Waals surface area contributed by atoms with Crippen molar-refractivity contribution in [3.63, 3.8) is 0 Å². The fourth-order valence-corrected chi connectivity index (χ4v) is 4.31. The maximum absolute atomic E-state index is 13.2. The van der Waals surface area contributed by atoms with E-state index in [0.717, 1.165) is 10.0 Å². The van der Waals surface area contributed by atoms with Crippen LogP contribution in [0.1, 0.15) is 29.7 Å². The monoisotopic (exact) mass is 525 g/mol. The van der Waals surface area contributed by atoms with E-state index in [2.05, 4.69) is 15.9 Å². The number of hydrogen-bond acceptors (Lipinski definition) is 4. The Labute approximate surface area is 205 Å². The second-order valence-electron chi connectivity index (χ2n) is 7.61. The van der Waals surface area contributed by atoms with Crippen LogP contribution in [-0.4, -0.2) is 23.4 Å². The summed E-state index contributed by atoms with van der Waals surface area (Å²) in [5, 5.41) is 11.6. The third-order valence-corrected chi connectivity index (χ3v) is 6.61. The van der Waals surface area contributed by atoms with Crippen LogP contribution in [-0.2, 0) is 9.59 Å². The predicted molar refractivity (Wildman–Crippen MR) is 133 cm³/mol. The van der Waals surface area contributed by atoms with Crippen molar-refractivity contribution in [1.29, 1.82) is 0 Å². The average Bonchev–Trinajstić information content (AvgIpc) is 3.07. The minimum absolute atomic E-state index is 0.0168. The van der Waals surface area contributed by atoms with Crippen molar-refractivity contribution in [2.24, 2.45) is 0 Å². The summed E-state index contributed by atoms with van der Waals surface area (Å²) >= 11 is 9.49. The number of carbonyl (C=O) groups excluding carboxylic acids is 2. The SMILES string of the molecule is CCOc1ccc([C@@H]2C(=C(O)c3ccc(Cl)cc3)C(=O)C(=O)N2c2ccc(C)c(Br)c2)cc1. The van der Waals surface area contributed by atoms with Gasteiger partial charge in [-0.3, -0.25) is 14.5 Å². The molecule has 0 unspecified atom stereocenters. The molecular formula is C26H21BrClNO4. The van der Waals surface area contributed by atoms with E-state index in [9.17, 15) is 14.7 Å². The van der Waals surface area contributed by atoms with Crippen molar-refractivity contribution >= 4 is 50.7 Å². The van der Waals surface area contributed by atoms with Crippen LogP contribution in [0.3, 0.4) is 0 Å². The zero-order chi connectivity index (χ0) is 23.7. The molecule has 3 aromatic rings. The highest BCUT2D eigenvalue weighted by Gasteiger charge is 2.47. The Morgan fingerprint density at radius 2 is 1.73 bits per heavy atom. The molecule has 1 fully saturated rings. The lowest BCUT2D eigenvalue weighted by atomic mass is 9.95. The molecule has 168 valence electrons. The molecule has 0 bridgehead atoms. The summed E-state index contributed by atoms with van der Waals surface area (Å²) in [5.74, 6) is -1.04. The first kappa shape index (κ1) is 23.1. The minimum atomic E-state index is -0.814. The third kappa shape index (κ3) is 4.41. The molecule has 7 heteroatoms. The number of anilines is 1. The van der Waals surface area contributed by atoms with Gasteiger partial charge in [-0.1, -0.05) is 45.7 Å². The number of rotatable bonds is 5. The Hall–Kier alpha value is -3.09. The van der Waals surface area contributed by atoms with Crippen molar-refractivity contribution in [1.82, 2.24) is 0 Å². The minimum Gasteiger partial charge on any atom is -0.507 e. The van der Waals surface area contributed by atoms with Crippen LogP contribution in [0.2, 0.25) is 5.02 Å². The maximum atomic E-state index is 13.2. The number of aryl methyl sites for hydroxylation is 1. The lowest BCUT2D eigenvalue weighted by molar-refractivity contribution is -0.132. The fourth-order valence-electron chi connectivity index (χ4n) is 3.82. The average molecular weight is 527 g/mol. The van der Waals surface area contributed by atoms with Crippen LogP contribution >= 0.6 is 27.5 Å².